The molecule has 84 valence electrons. The number of amides is 1. The molecule has 0 saturated carbocycles. The number of allylic oxidation sites excluding steroid dienone is 7. The molecule has 2 heteroatoms. The first kappa shape index (κ1) is 10.9. The molecule has 0 saturated heterocycles. The first-order valence-corrected chi connectivity index (χ1v) is 5.67. The number of rotatable bonds is 1. The van der Waals surface area contributed by atoms with E-state index in [2.05, 4.69) is 48.7 Å². The second-order valence-electron chi connectivity index (χ2n) is 4.25. The van der Waals surface area contributed by atoms with E-state index in [0.717, 1.165) is 12.0 Å². The van der Waals surface area contributed by atoms with Crippen molar-refractivity contribution in [1.29, 1.82) is 0 Å². The van der Waals surface area contributed by atoms with Gasteiger partial charge in [0.2, 0.25) is 5.91 Å². The van der Waals surface area contributed by atoms with Crippen molar-refractivity contribution in [2.75, 3.05) is 7.05 Å². The van der Waals surface area contributed by atoms with Gasteiger partial charge in [-0.1, -0.05) is 42.0 Å². The average Bonchev–Trinajstić information content (AvgIpc) is 2.49. The SMILES string of the molecule is CNC(=O)C1=C(C)C2C=CC=CC2C=CC1. The predicted molar refractivity (Wildman–Crippen MR) is 65.8 cm³/mol. The third kappa shape index (κ3) is 1.87. The van der Waals surface area contributed by atoms with E-state index >= 15 is 0 Å². The van der Waals surface area contributed by atoms with E-state index in [-0.39, 0.29) is 5.91 Å². The summed E-state index contributed by atoms with van der Waals surface area (Å²) in [5.74, 6) is 0.800. The van der Waals surface area contributed by atoms with Crippen molar-refractivity contribution in [2.45, 2.75) is 13.3 Å². The molecule has 2 aliphatic rings. The molecule has 0 aromatic carbocycles. The summed E-state index contributed by atoms with van der Waals surface area (Å²) < 4.78 is 0. The van der Waals surface area contributed by atoms with Crippen LogP contribution < -0.4 is 5.32 Å². The Morgan fingerprint density at radius 1 is 1.31 bits per heavy atom. The minimum atomic E-state index is 0.0470. The molecule has 1 amide bonds. The molecule has 0 spiro atoms. The maximum atomic E-state index is 11.8. The number of likely N-dealkylation sites (N-methyl/N-ethyl adjacent to an activating group) is 1. The fourth-order valence-electron chi connectivity index (χ4n) is 2.37. The summed E-state index contributed by atoms with van der Waals surface area (Å²) in [6.45, 7) is 2.07. The summed E-state index contributed by atoms with van der Waals surface area (Å²) >= 11 is 0. The largest absolute Gasteiger partial charge is 0.355 e. The van der Waals surface area contributed by atoms with Gasteiger partial charge < -0.3 is 5.32 Å². The molecule has 2 nitrogen and oxygen atoms in total. The van der Waals surface area contributed by atoms with Gasteiger partial charge in [0, 0.05) is 24.5 Å². The Morgan fingerprint density at radius 2 is 2.06 bits per heavy atom. The number of carbonyl (C=O) groups excluding carboxylic acids is 1. The topological polar surface area (TPSA) is 29.1 Å². The van der Waals surface area contributed by atoms with Gasteiger partial charge in [-0.15, -0.1) is 0 Å². The first-order valence-electron chi connectivity index (χ1n) is 5.67. The quantitative estimate of drug-likeness (QED) is 0.668. The standard InChI is InChI=1S/C14H17NO/c1-10-12-8-4-3-6-11(12)7-5-9-13(10)14(16)15-2/h3-8,11-12H,9H2,1-2H3,(H,15,16). The number of nitrogens with one attached hydrogen (secondary N) is 1. The van der Waals surface area contributed by atoms with E-state index in [1.54, 1.807) is 7.05 Å². The van der Waals surface area contributed by atoms with Crippen molar-refractivity contribution >= 4 is 5.91 Å². The lowest BCUT2D eigenvalue weighted by atomic mass is 9.82. The maximum Gasteiger partial charge on any atom is 0.247 e. The number of hydrogen-bond donors (Lipinski definition) is 1. The lowest BCUT2D eigenvalue weighted by molar-refractivity contribution is -0.117. The number of carbonyl (C=O) groups is 1. The van der Waals surface area contributed by atoms with Gasteiger partial charge in [-0.3, -0.25) is 4.79 Å². The highest BCUT2D eigenvalue weighted by atomic mass is 16.1. The fraction of sp³-hybridized carbons (Fsp3) is 0.357. The van der Waals surface area contributed by atoms with Crippen LogP contribution in [0.3, 0.4) is 0 Å². The van der Waals surface area contributed by atoms with Crippen LogP contribution in [0.4, 0.5) is 0 Å². The summed E-state index contributed by atoms with van der Waals surface area (Å²) in [6.07, 6.45) is 13.5. The second kappa shape index (κ2) is 4.52. The van der Waals surface area contributed by atoms with Crippen LogP contribution in [0.25, 0.3) is 0 Å². The van der Waals surface area contributed by atoms with Gasteiger partial charge >= 0.3 is 0 Å². The molecule has 2 rings (SSSR count). The lowest BCUT2D eigenvalue weighted by Gasteiger charge is -2.22. The van der Waals surface area contributed by atoms with E-state index < -0.39 is 0 Å². The van der Waals surface area contributed by atoms with Crippen LogP contribution in [0.15, 0.2) is 47.6 Å². The minimum Gasteiger partial charge on any atom is -0.355 e. The van der Waals surface area contributed by atoms with Crippen LogP contribution in [-0.4, -0.2) is 13.0 Å². The van der Waals surface area contributed by atoms with Crippen LogP contribution in [-0.2, 0) is 4.79 Å². The normalized spacial score (nSPS) is 27.6. The average molecular weight is 215 g/mol. The summed E-state index contributed by atoms with van der Waals surface area (Å²) in [4.78, 5) is 11.8. The molecule has 2 atom stereocenters. The predicted octanol–water partition coefficient (Wildman–Crippen LogP) is 2.37. The van der Waals surface area contributed by atoms with Crippen molar-refractivity contribution in [3.63, 3.8) is 0 Å². The van der Waals surface area contributed by atoms with Crippen LogP contribution in [0.2, 0.25) is 0 Å². The van der Waals surface area contributed by atoms with Crippen molar-refractivity contribution < 1.29 is 4.79 Å². The Balaban J connectivity index is 2.39. The molecule has 0 aliphatic heterocycles. The zero-order valence-corrected chi connectivity index (χ0v) is 9.73. The van der Waals surface area contributed by atoms with E-state index in [4.69, 9.17) is 0 Å². The minimum absolute atomic E-state index is 0.0470. The molecule has 2 unspecified atom stereocenters. The number of fused-ring (bicyclic) bond motifs is 1. The summed E-state index contributed by atoms with van der Waals surface area (Å²) in [5, 5.41) is 2.72. The summed E-state index contributed by atoms with van der Waals surface area (Å²) in [7, 11) is 1.69. The molecule has 0 radical (unpaired) electrons. The Labute approximate surface area is 96.4 Å². The lowest BCUT2D eigenvalue weighted by Crippen LogP contribution is -2.22. The molecule has 0 bridgehead atoms. The van der Waals surface area contributed by atoms with Crippen molar-refractivity contribution in [3.8, 4) is 0 Å². The van der Waals surface area contributed by atoms with Crippen LogP contribution in [0.5, 0.6) is 0 Å². The van der Waals surface area contributed by atoms with Crippen LogP contribution in [0.1, 0.15) is 13.3 Å². The first-order chi connectivity index (χ1) is 7.74. The Morgan fingerprint density at radius 3 is 2.81 bits per heavy atom. The zero-order chi connectivity index (χ0) is 11.5. The van der Waals surface area contributed by atoms with Gasteiger partial charge in [-0.25, -0.2) is 0 Å². The van der Waals surface area contributed by atoms with Crippen molar-refractivity contribution in [1.82, 2.24) is 5.32 Å². The van der Waals surface area contributed by atoms with Gasteiger partial charge in [-0.05, 0) is 13.3 Å². The molecule has 0 heterocycles. The van der Waals surface area contributed by atoms with Gasteiger partial charge in [0.25, 0.3) is 0 Å². The van der Waals surface area contributed by atoms with Gasteiger partial charge in [0.1, 0.15) is 0 Å². The monoisotopic (exact) mass is 215 g/mol. The molecule has 0 aromatic rings. The third-order valence-corrected chi connectivity index (χ3v) is 3.34. The summed E-state index contributed by atoms with van der Waals surface area (Å²) in [5.41, 5.74) is 2.10. The molecule has 0 aromatic heterocycles. The van der Waals surface area contributed by atoms with E-state index in [1.807, 2.05) is 0 Å². The molecule has 2 aliphatic carbocycles. The Hall–Kier alpha value is -1.57. The van der Waals surface area contributed by atoms with Gasteiger partial charge in [0.05, 0.1) is 0 Å². The highest BCUT2D eigenvalue weighted by molar-refractivity contribution is 5.94. The number of hydrogen-bond acceptors (Lipinski definition) is 1. The van der Waals surface area contributed by atoms with E-state index in [1.165, 1.54) is 5.57 Å². The highest BCUT2D eigenvalue weighted by Crippen LogP contribution is 2.33. The Bertz CT molecular complexity index is 412. The Kier molecular flexibility index (Phi) is 3.09. The molecular formula is C14H17NO. The zero-order valence-electron chi connectivity index (χ0n) is 9.73. The fourth-order valence-corrected chi connectivity index (χ4v) is 2.37. The smallest absolute Gasteiger partial charge is 0.247 e. The van der Waals surface area contributed by atoms with Crippen molar-refractivity contribution in [2.24, 2.45) is 11.8 Å². The van der Waals surface area contributed by atoms with Crippen molar-refractivity contribution in [3.05, 3.63) is 47.6 Å². The summed E-state index contributed by atoms with van der Waals surface area (Å²) in [6, 6.07) is 0. The van der Waals surface area contributed by atoms with Gasteiger partial charge in [-0.2, -0.15) is 0 Å². The second-order valence-corrected chi connectivity index (χ2v) is 4.25. The maximum absolute atomic E-state index is 11.8. The van der Waals surface area contributed by atoms with E-state index in [0.29, 0.717) is 11.8 Å². The molecule has 0 fully saturated rings. The molecule has 1 N–H and O–H groups in total. The van der Waals surface area contributed by atoms with E-state index in [9.17, 15) is 4.79 Å². The van der Waals surface area contributed by atoms with Gasteiger partial charge in [0.15, 0.2) is 0 Å². The third-order valence-electron chi connectivity index (χ3n) is 3.34. The van der Waals surface area contributed by atoms with Crippen LogP contribution >= 0.6 is 0 Å². The molecule has 16 heavy (non-hydrogen) atoms. The molecular weight excluding hydrogens is 198 g/mol. The highest BCUT2D eigenvalue weighted by Gasteiger charge is 2.24. The van der Waals surface area contributed by atoms with Crippen LogP contribution in [0, 0.1) is 11.8 Å².